The van der Waals surface area contributed by atoms with E-state index in [2.05, 4.69) is 11.9 Å². The SMILES string of the molecule is CC[C@H]1CN(C(=O)c2csc(-c3cccs3)n2)CCO1. The van der Waals surface area contributed by atoms with Crippen molar-refractivity contribution >= 4 is 28.6 Å². The van der Waals surface area contributed by atoms with Crippen LogP contribution in [0.1, 0.15) is 23.8 Å². The number of ether oxygens (including phenoxy) is 1. The lowest BCUT2D eigenvalue weighted by Crippen LogP contribution is -2.45. The fourth-order valence-electron chi connectivity index (χ4n) is 2.20. The third-order valence-corrected chi connectivity index (χ3v) is 5.22. The molecule has 1 aliphatic heterocycles. The summed E-state index contributed by atoms with van der Waals surface area (Å²) in [5.74, 6) is 0.0193. The van der Waals surface area contributed by atoms with Crippen LogP contribution in [0.15, 0.2) is 22.9 Å². The van der Waals surface area contributed by atoms with Gasteiger partial charge in [0.05, 0.1) is 17.6 Å². The van der Waals surface area contributed by atoms with Gasteiger partial charge in [-0.1, -0.05) is 13.0 Å². The summed E-state index contributed by atoms with van der Waals surface area (Å²) in [6.07, 6.45) is 1.09. The molecule has 106 valence electrons. The van der Waals surface area contributed by atoms with E-state index < -0.39 is 0 Å². The van der Waals surface area contributed by atoms with Crippen LogP contribution in [-0.4, -0.2) is 41.6 Å². The first-order valence-electron chi connectivity index (χ1n) is 6.68. The van der Waals surface area contributed by atoms with Crippen molar-refractivity contribution in [3.05, 3.63) is 28.6 Å². The highest BCUT2D eigenvalue weighted by Crippen LogP contribution is 2.28. The maximum absolute atomic E-state index is 12.5. The lowest BCUT2D eigenvalue weighted by molar-refractivity contribution is -0.0227. The predicted molar refractivity (Wildman–Crippen MR) is 81.4 cm³/mol. The monoisotopic (exact) mass is 308 g/mol. The second-order valence-corrected chi connectivity index (χ2v) is 6.47. The van der Waals surface area contributed by atoms with E-state index in [-0.39, 0.29) is 12.0 Å². The molecule has 0 bridgehead atoms. The number of morpholine rings is 1. The number of carbonyl (C=O) groups is 1. The Morgan fingerprint density at radius 2 is 2.45 bits per heavy atom. The van der Waals surface area contributed by atoms with E-state index in [9.17, 15) is 4.79 Å². The van der Waals surface area contributed by atoms with Crippen molar-refractivity contribution < 1.29 is 9.53 Å². The molecule has 0 radical (unpaired) electrons. The molecule has 0 N–H and O–H groups in total. The van der Waals surface area contributed by atoms with Crippen molar-refractivity contribution in [3.8, 4) is 9.88 Å². The largest absolute Gasteiger partial charge is 0.375 e. The molecule has 6 heteroatoms. The van der Waals surface area contributed by atoms with Crippen LogP contribution in [0.2, 0.25) is 0 Å². The van der Waals surface area contributed by atoms with Gasteiger partial charge in [0.1, 0.15) is 10.7 Å². The summed E-state index contributed by atoms with van der Waals surface area (Å²) in [7, 11) is 0. The third kappa shape index (κ3) is 2.77. The first-order valence-corrected chi connectivity index (χ1v) is 8.44. The average molecular weight is 308 g/mol. The van der Waals surface area contributed by atoms with E-state index >= 15 is 0 Å². The van der Waals surface area contributed by atoms with Crippen molar-refractivity contribution in [3.63, 3.8) is 0 Å². The molecule has 0 unspecified atom stereocenters. The number of thiazole rings is 1. The van der Waals surface area contributed by atoms with E-state index in [1.54, 1.807) is 11.3 Å². The van der Waals surface area contributed by atoms with Crippen LogP contribution in [0.4, 0.5) is 0 Å². The first kappa shape index (κ1) is 13.7. The van der Waals surface area contributed by atoms with E-state index in [0.29, 0.717) is 25.4 Å². The molecule has 0 aliphatic carbocycles. The van der Waals surface area contributed by atoms with Crippen molar-refractivity contribution in [2.24, 2.45) is 0 Å². The number of amides is 1. The van der Waals surface area contributed by atoms with Crippen LogP contribution in [-0.2, 0) is 4.74 Å². The Labute approximate surface area is 126 Å². The van der Waals surface area contributed by atoms with E-state index in [4.69, 9.17) is 4.74 Å². The topological polar surface area (TPSA) is 42.4 Å². The van der Waals surface area contributed by atoms with Crippen molar-refractivity contribution in [2.75, 3.05) is 19.7 Å². The normalized spacial score (nSPS) is 19.2. The summed E-state index contributed by atoms with van der Waals surface area (Å²) in [4.78, 5) is 19.9. The second kappa shape index (κ2) is 6.03. The molecule has 3 rings (SSSR count). The third-order valence-electron chi connectivity index (χ3n) is 3.34. The van der Waals surface area contributed by atoms with Gasteiger partial charge >= 0.3 is 0 Å². The number of rotatable bonds is 3. The number of thiophene rings is 1. The molecule has 1 amide bonds. The fraction of sp³-hybridized carbons (Fsp3) is 0.429. The maximum atomic E-state index is 12.5. The second-order valence-electron chi connectivity index (χ2n) is 4.67. The van der Waals surface area contributed by atoms with Crippen LogP contribution in [0.3, 0.4) is 0 Å². The zero-order valence-electron chi connectivity index (χ0n) is 11.2. The Morgan fingerprint density at radius 1 is 1.55 bits per heavy atom. The van der Waals surface area contributed by atoms with E-state index in [0.717, 1.165) is 16.3 Å². The van der Waals surface area contributed by atoms with Gasteiger partial charge in [-0.05, 0) is 17.9 Å². The van der Waals surface area contributed by atoms with Gasteiger partial charge in [0, 0.05) is 18.5 Å². The maximum Gasteiger partial charge on any atom is 0.273 e. The molecule has 2 aromatic rings. The average Bonchev–Trinajstić information content (AvgIpc) is 3.17. The summed E-state index contributed by atoms with van der Waals surface area (Å²) in [6.45, 7) is 4.02. The smallest absolute Gasteiger partial charge is 0.273 e. The van der Waals surface area contributed by atoms with Crippen LogP contribution < -0.4 is 0 Å². The Balaban J connectivity index is 1.74. The van der Waals surface area contributed by atoms with Gasteiger partial charge in [-0.25, -0.2) is 4.98 Å². The van der Waals surface area contributed by atoms with Crippen LogP contribution >= 0.6 is 22.7 Å². The van der Waals surface area contributed by atoms with E-state index in [1.807, 2.05) is 27.8 Å². The molecule has 1 saturated heterocycles. The van der Waals surface area contributed by atoms with Crippen LogP contribution in [0.5, 0.6) is 0 Å². The molecule has 2 aromatic heterocycles. The Morgan fingerprint density at radius 3 is 3.20 bits per heavy atom. The number of hydrogen-bond acceptors (Lipinski definition) is 5. The quantitative estimate of drug-likeness (QED) is 0.875. The van der Waals surface area contributed by atoms with Crippen molar-refractivity contribution in [2.45, 2.75) is 19.4 Å². The lowest BCUT2D eigenvalue weighted by Gasteiger charge is -2.32. The number of carbonyl (C=O) groups excluding carboxylic acids is 1. The highest BCUT2D eigenvalue weighted by Gasteiger charge is 2.25. The van der Waals surface area contributed by atoms with Crippen molar-refractivity contribution in [1.82, 2.24) is 9.88 Å². The molecule has 1 fully saturated rings. The number of nitrogens with zero attached hydrogens (tertiary/aromatic N) is 2. The van der Waals surface area contributed by atoms with Crippen LogP contribution in [0, 0.1) is 0 Å². The lowest BCUT2D eigenvalue weighted by atomic mass is 10.2. The summed E-state index contributed by atoms with van der Waals surface area (Å²) in [6, 6.07) is 4.02. The molecule has 1 aliphatic rings. The number of hydrogen-bond donors (Lipinski definition) is 0. The molecule has 0 saturated carbocycles. The minimum atomic E-state index is 0.0193. The van der Waals surface area contributed by atoms with Gasteiger partial charge in [0.25, 0.3) is 5.91 Å². The summed E-state index contributed by atoms with van der Waals surface area (Å²) in [5, 5.41) is 4.79. The molecule has 20 heavy (non-hydrogen) atoms. The van der Waals surface area contributed by atoms with Gasteiger partial charge < -0.3 is 9.64 Å². The molecule has 4 nitrogen and oxygen atoms in total. The minimum Gasteiger partial charge on any atom is -0.375 e. The molecule has 1 atom stereocenters. The molecule has 0 spiro atoms. The Bertz CT molecular complexity index is 580. The van der Waals surface area contributed by atoms with Gasteiger partial charge in [0.15, 0.2) is 0 Å². The Kier molecular flexibility index (Phi) is 4.14. The molecular formula is C14H16N2O2S2. The van der Waals surface area contributed by atoms with Gasteiger partial charge in [0.2, 0.25) is 0 Å². The molecule has 0 aromatic carbocycles. The number of aromatic nitrogens is 1. The van der Waals surface area contributed by atoms with E-state index in [1.165, 1.54) is 11.3 Å². The highest BCUT2D eigenvalue weighted by molar-refractivity contribution is 7.20. The first-order chi connectivity index (χ1) is 9.78. The molecular weight excluding hydrogens is 292 g/mol. The summed E-state index contributed by atoms with van der Waals surface area (Å²) in [5.41, 5.74) is 0.551. The summed E-state index contributed by atoms with van der Waals surface area (Å²) < 4.78 is 5.60. The van der Waals surface area contributed by atoms with Gasteiger partial charge in [-0.2, -0.15) is 0 Å². The predicted octanol–water partition coefficient (Wildman–Crippen LogP) is 3.12. The minimum absolute atomic E-state index is 0.0193. The zero-order chi connectivity index (χ0) is 13.9. The zero-order valence-corrected chi connectivity index (χ0v) is 12.9. The fourth-order valence-corrected chi connectivity index (χ4v) is 3.81. The van der Waals surface area contributed by atoms with Gasteiger partial charge in [-0.3, -0.25) is 4.79 Å². The molecule has 3 heterocycles. The summed E-state index contributed by atoms with van der Waals surface area (Å²) >= 11 is 3.17. The van der Waals surface area contributed by atoms with Crippen LogP contribution in [0.25, 0.3) is 9.88 Å². The van der Waals surface area contributed by atoms with Crippen molar-refractivity contribution in [1.29, 1.82) is 0 Å². The Hall–Kier alpha value is -1.24. The highest BCUT2D eigenvalue weighted by atomic mass is 32.1. The van der Waals surface area contributed by atoms with Gasteiger partial charge in [-0.15, -0.1) is 22.7 Å². The standard InChI is InChI=1S/C14H16N2O2S2/c1-2-10-8-16(5-6-18-10)14(17)11-9-20-13(15-11)12-4-3-7-19-12/h3-4,7,9-10H,2,5-6,8H2,1H3/t10-/m0/s1.